The second-order valence-electron chi connectivity index (χ2n) is 8.03. The standard InChI is InChI=1S/C23H24F3N5O2S/c1-15-5-2-3-10-31(15)20-11-19(23(24,25)26)29-22(30-20)34-14-17-7-8-18(33-17)21(32)28-13-16-6-4-9-27-12-16/h4,6-9,11-12,15H,2-3,5,10,13-14H2,1H3,(H,28,32)/t15-/m0/s1. The fraction of sp³-hybridized carbons (Fsp3) is 0.391. The van der Waals surface area contributed by atoms with Crippen molar-refractivity contribution in [3.8, 4) is 0 Å². The van der Waals surface area contributed by atoms with Gasteiger partial charge < -0.3 is 14.6 Å². The van der Waals surface area contributed by atoms with Crippen molar-refractivity contribution in [2.45, 2.75) is 55.9 Å². The number of furan rings is 1. The molecule has 1 saturated heterocycles. The first-order valence-electron chi connectivity index (χ1n) is 10.9. The van der Waals surface area contributed by atoms with Crippen molar-refractivity contribution in [1.29, 1.82) is 0 Å². The van der Waals surface area contributed by atoms with E-state index in [9.17, 15) is 18.0 Å². The minimum absolute atomic E-state index is 0.0153. The smallest absolute Gasteiger partial charge is 0.433 e. The van der Waals surface area contributed by atoms with Gasteiger partial charge in [-0.1, -0.05) is 17.8 Å². The molecular weight excluding hydrogens is 467 g/mol. The normalized spacial score (nSPS) is 16.5. The summed E-state index contributed by atoms with van der Waals surface area (Å²) in [7, 11) is 0. The Morgan fingerprint density at radius 2 is 2.12 bits per heavy atom. The molecule has 0 aromatic carbocycles. The van der Waals surface area contributed by atoms with E-state index >= 15 is 0 Å². The summed E-state index contributed by atoms with van der Waals surface area (Å²) >= 11 is 1.04. The van der Waals surface area contributed by atoms with Gasteiger partial charge in [-0.25, -0.2) is 9.97 Å². The summed E-state index contributed by atoms with van der Waals surface area (Å²) in [5.74, 6) is 0.632. The molecule has 0 saturated carbocycles. The Morgan fingerprint density at radius 1 is 1.26 bits per heavy atom. The van der Waals surface area contributed by atoms with Crippen LogP contribution in [0.25, 0.3) is 0 Å². The highest BCUT2D eigenvalue weighted by Crippen LogP contribution is 2.34. The monoisotopic (exact) mass is 491 g/mol. The summed E-state index contributed by atoms with van der Waals surface area (Å²) in [6.07, 6.45) is 1.59. The van der Waals surface area contributed by atoms with Crippen LogP contribution in [0, 0.1) is 0 Å². The topological polar surface area (TPSA) is 84.2 Å². The Hall–Kier alpha value is -3.08. The van der Waals surface area contributed by atoms with Crippen molar-refractivity contribution in [3.63, 3.8) is 0 Å². The molecule has 180 valence electrons. The zero-order valence-corrected chi connectivity index (χ0v) is 19.3. The van der Waals surface area contributed by atoms with Crippen molar-refractivity contribution in [2.75, 3.05) is 11.4 Å². The lowest BCUT2D eigenvalue weighted by atomic mass is 10.0. The van der Waals surface area contributed by atoms with Crippen molar-refractivity contribution in [2.24, 2.45) is 0 Å². The highest BCUT2D eigenvalue weighted by molar-refractivity contribution is 7.98. The molecule has 3 aromatic rings. The minimum atomic E-state index is -4.57. The molecule has 0 aliphatic carbocycles. The summed E-state index contributed by atoms with van der Waals surface area (Å²) in [5, 5.41) is 2.76. The van der Waals surface area contributed by atoms with Crippen LogP contribution in [-0.2, 0) is 18.5 Å². The highest BCUT2D eigenvalue weighted by Gasteiger charge is 2.35. The van der Waals surface area contributed by atoms with Gasteiger partial charge in [-0.05, 0) is 49.9 Å². The molecule has 4 rings (SSSR count). The predicted molar refractivity (Wildman–Crippen MR) is 121 cm³/mol. The molecule has 11 heteroatoms. The van der Waals surface area contributed by atoms with Crippen LogP contribution in [0.2, 0.25) is 0 Å². The number of thioether (sulfide) groups is 1. The quantitative estimate of drug-likeness (QED) is 0.364. The third-order valence-electron chi connectivity index (χ3n) is 5.48. The van der Waals surface area contributed by atoms with Crippen LogP contribution in [0.15, 0.2) is 52.3 Å². The maximum atomic E-state index is 13.5. The van der Waals surface area contributed by atoms with Crippen LogP contribution < -0.4 is 10.2 Å². The number of alkyl halides is 3. The number of hydrogen-bond acceptors (Lipinski definition) is 7. The summed E-state index contributed by atoms with van der Waals surface area (Å²) in [6, 6.07) is 7.89. The third kappa shape index (κ3) is 6.07. The van der Waals surface area contributed by atoms with Gasteiger partial charge in [0.05, 0.1) is 5.75 Å². The van der Waals surface area contributed by atoms with Crippen molar-refractivity contribution in [3.05, 3.63) is 65.5 Å². The Balaban J connectivity index is 1.43. The van der Waals surface area contributed by atoms with Crippen LogP contribution in [0.5, 0.6) is 0 Å². The molecule has 34 heavy (non-hydrogen) atoms. The molecule has 1 N–H and O–H groups in total. The number of amides is 1. The van der Waals surface area contributed by atoms with Gasteiger partial charge in [-0.15, -0.1) is 0 Å². The van der Waals surface area contributed by atoms with Crippen molar-refractivity contribution in [1.82, 2.24) is 20.3 Å². The Morgan fingerprint density at radius 3 is 2.85 bits per heavy atom. The molecule has 1 aliphatic heterocycles. The average molecular weight is 492 g/mol. The zero-order valence-electron chi connectivity index (χ0n) is 18.5. The third-order valence-corrected chi connectivity index (χ3v) is 6.35. The number of anilines is 1. The average Bonchev–Trinajstić information content (AvgIpc) is 3.31. The zero-order chi connectivity index (χ0) is 24.1. The number of pyridine rings is 1. The Kier molecular flexibility index (Phi) is 7.40. The first-order valence-corrected chi connectivity index (χ1v) is 11.9. The van der Waals surface area contributed by atoms with E-state index in [1.54, 1.807) is 24.5 Å². The number of nitrogens with zero attached hydrogens (tertiary/aromatic N) is 4. The minimum Gasteiger partial charge on any atom is -0.455 e. The molecule has 0 radical (unpaired) electrons. The number of carbonyl (C=O) groups is 1. The lowest BCUT2D eigenvalue weighted by molar-refractivity contribution is -0.141. The summed E-state index contributed by atoms with van der Waals surface area (Å²) in [5.41, 5.74) is -0.119. The molecule has 1 aliphatic rings. The van der Waals surface area contributed by atoms with Gasteiger partial charge >= 0.3 is 6.18 Å². The molecule has 0 spiro atoms. The lowest BCUT2D eigenvalue weighted by Gasteiger charge is -2.34. The van der Waals surface area contributed by atoms with Crippen molar-refractivity contribution >= 4 is 23.5 Å². The summed E-state index contributed by atoms with van der Waals surface area (Å²) < 4.78 is 46.0. The molecular formula is C23H24F3N5O2S. The largest absolute Gasteiger partial charge is 0.455 e. The molecule has 1 fully saturated rings. The first kappa shape index (κ1) is 24.1. The fourth-order valence-corrected chi connectivity index (χ4v) is 4.44. The fourth-order valence-electron chi connectivity index (χ4n) is 3.69. The Bertz CT molecular complexity index is 1120. The predicted octanol–water partition coefficient (Wildman–Crippen LogP) is 5.08. The Labute approximate surface area is 199 Å². The maximum absolute atomic E-state index is 13.5. The van der Waals surface area contributed by atoms with Gasteiger partial charge in [0.15, 0.2) is 16.6 Å². The van der Waals surface area contributed by atoms with Gasteiger partial charge in [0.1, 0.15) is 11.6 Å². The van der Waals surface area contributed by atoms with E-state index in [-0.39, 0.29) is 28.5 Å². The SMILES string of the molecule is C[C@H]1CCCCN1c1cc(C(F)(F)F)nc(SCc2ccc(C(=O)NCc3cccnc3)o2)n1. The van der Waals surface area contributed by atoms with Crippen LogP contribution in [0.3, 0.4) is 0 Å². The van der Waals surface area contributed by atoms with Gasteiger partial charge in [0.25, 0.3) is 5.91 Å². The lowest BCUT2D eigenvalue weighted by Crippen LogP contribution is -2.38. The second kappa shape index (κ2) is 10.5. The summed E-state index contributed by atoms with van der Waals surface area (Å²) in [4.78, 5) is 26.3. The van der Waals surface area contributed by atoms with E-state index in [2.05, 4.69) is 20.3 Å². The van der Waals surface area contributed by atoms with E-state index in [0.717, 1.165) is 42.7 Å². The molecule has 3 aromatic heterocycles. The molecule has 1 amide bonds. The highest BCUT2D eigenvalue weighted by atomic mass is 32.2. The molecule has 0 unspecified atom stereocenters. The van der Waals surface area contributed by atoms with E-state index in [1.165, 1.54) is 6.07 Å². The number of carbonyl (C=O) groups excluding carboxylic acids is 1. The van der Waals surface area contributed by atoms with Crippen LogP contribution in [0.1, 0.15) is 53.8 Å². The number of nitrogens with one attached hydrogen (secondary N) is 1. The second-order valence-corrected chi connectivity index (χ2v) is 8.97. The van der Waals surface area contributed by atoms with Gasteiger partial charge in [-0.2, -0.15) is 13.2 Å². The van der Waals surface area contributed by atoms with Crippen LogP contribution in [0.4, 0.5) is 19.0 Å². The van der Waals surface area contributed by atoms with Gasteiger partial charge in [0.2, 0.25) is 0 Å². The molecule has 0 bridgehead atoms. The van der Waals surface area contributed by atoms with Crippen molar-refractivity contribution < 1.29 is 22.4 Å². The number of hydrogen-bond donors (Lipinski definition) is 1. The van der Waals surface area contributed by atoms with Crippen LogP contribution >= 0.6 is 11.8 Å². The maximum Gasteiger partial charge on any atom is 0.433 e. The molecule has 1 atom stereocenters. The summed E-state index contributed by atoms with van der Waals surface area (Å²) in [6.45, 7) is 2.95. The number of rotatable bonds is 7. The van der Waals surface area contributed by atoms with E-state index in [4.69, 9.17) is 4.42 Å². The first-order chi connectivity index (χ1) is 16.3. The van der Waals surface area contributed by atoms with Gasteiger partial charge in [-0.3, -0.25) is 9.78 Å². The molecule has 4 heterocycles. The number of aromatic nitrogens is 3. The van der Waals surface area contributed by atoms with E-state index in [1.807, 2.05) is 17.9 Å². The van der Waals surface area contributed by atoms with Crippen LogP contribution in [-0.4, -0.2) is 33.4 Å². The number of piperidine rings is 1. The van der Waals surface area contributed by atoms with E-state index in [0.29, 0.717) is 18.8 Å². The van der Waals surface area contributed by atoms with Gasteiger partial charge in [0, 0.05) is 37.6 Å². The van der Waals surface area contributed by atoms with E-state index < -0.39 is 17.8 Å². The number of halogens is 3. The molecule has 7 nitrogen and oxygen atoms in total.